The van der Waals surface area contributed by atoms with Crippen LogP contribution in [0.3, 0.4) is 0 Å². The molecular formula is C19H22N4O. The molecule has 1 aromatic carbocycles. The highest BCUT2D eigenvalue weighted by Crippen LogP contribution is 2.40. The summed E-state index contributed by atoms with van der Waals surface area (Å²) in [5, 5.41) is 4.34. The first-order chi connectivity index (χ1) is 11.6. The zero-order chi connectivity index (χ0) is 16.7. The highest BCUT2D eigenvalue weighted by molar-refractivity contribution is 5.79. The van der Waals surface area contributed by atoms with Gasteiger partial charge in [-0.2, -0.15) is 0 Å². The van der Waals surface area contributed by atoms with Gasteiger partial charge in [0.2, 0.25) is 0 Å². The zero-order valence-electron chi connectivity index (χ0n) is 14.0. The van der Waals surface area contributed by atoms with Gasteiger partial charge in [0.25, 0.3) is 0 Å². The van der Waals surface area contributed by atoms with Crippen LogP contribution < -0.4 is 10.7 Å². The average molecular weight is 322 g/mol. The fourth-order valence-corrected chi connectivity index (χ4v) is 3.31. The van der Waals surface area contributed by atoms with E-state index in [1.807, 2.05) is 44.6 Å². The van der Waals surface area contributed by atoms with Crippen LogP contribution in [0.1, 0.15) is 36.0 Å². The number of pyridine rings is 1. The molecule has 0 unspecified atom stereocenters. The SMILES string of the molecule is Cc1ccc2[nH]c(CN[C@@H](c3nccn3C)C3CC3)cc(=O)c2c1. The van der Waals surface area contributed by atoms with Crippen LogP contribution in [0.4, 0.5) is 0 Å². The van der Waals surface area contributed by atoms with E-state index in [1.54, 1.807) is 6.07 Å². The van der Waals surface area contributed by atoms with Crippen molar-refractivity contribution >= 4 is 10.9 Å². The smallest absolute Gasteiger partial charge is 0.189 e. The Balaban J connectivity index is 1.59. The molecule has 5 heteroatoms. The van der Waals surface area contributed by atoms with Crippen LogP contribution in [0.5, 0.6) is 0 Å². The summed E-state index contributed by atoms with van der Waals surface area (Å²) in [5.41, 5.74) is 2.98. The van der Waals surface area contributed by atoms with Gasteiger partial charge in [0.05, 0.1) is 6.04 Å². The van der Waals surface area contributed by atoms with Crippen molar-refractivity contribution in [2.45, 2.75) is 32.4 Å². The standard InChI is InChI=1S/C19H22N4O/c1-12-3-6-16-15(9-12)17(24)10-14(22-16)11-21-18(13-4-5-13)19-20-7-8-23(19)2/h3,6-10,13,18,21H,4-5,11H2,1-2H3,(H,22,24)/t18-/m1/s1. The van der Waals surface area contributed by atoms with Gasteiger partial charge in [0.15, 0.2) is 5.43 Å². The van der Waals surface area contributed by atoms with Crippen LogP contribution >= 0.6 is 0 Å². The van der Waals surface area contributed by atoms with E-state index in [4.69, 9.17) is 0 Å². The molecule has 0 amide bonds. The third-order valence-corrected chi connectivity index (χ3v) is 4.78. The number of aromatic amines is 1. The molecule has 0 aliphatic heterocycles. The summed E-state index contributed by atoms with van der Waals surface area (Å²) in [6.07, 6.45) is 6.29. The molecule has 1 fully saturated rings. The van der Waals surface area contributed by atoms with Crippen molar-refractivity contribution in [2.75, 3.05) is 0 Å². The molecular weight excluding hydrogens is 300 g/mol. The van der Waals surface area contributed by atoms with Crippen molar-refractivity contribution < 1.29 is 0 Å². The molecule has 2 aromatic heterocycles. The number of nitrogens with one attached hydrogen (secondary N) is 2. The van der Waals surface area contributed by atoms with Gasteiger partial charge >= 0.3 is 0 Å². The molecule has 4 rings (SSSR count). The van der Waals surface area contributed by atoms with Crippen molar-refractivity contribution in [3.63, 3.8) is 0 Å². The van der Waals surface area contributed by atoms with Crippen LogP contribution in [0.15, 0.2) is 41.5 Å². The second-order valence-corrected chi connectivity index (χ2v) is 6.80. The molecule has 1 aliphatic carbocycles. The van der Waals surface area contributed by atoms with Gasteiger partial charge in [0.1, 0.15) is 5.82 Å². The van der Waals surface area contributed by atoms with E-state index in [9.17, 15) is 4.79 Å². The lowest BCUT2D eigenvalue weighted by molar-refractivity contribution is 0.443. The number of hydrogen-bond donors (Lipinski definition) is 2. The Hall–Kier alpha value is -2.40. The minimum absolute atomic E-state index is 0.0733. The van der Waals surface area contributed by atoms with E-state index < -0.39 is 0 Å². The summed E-state index contributed by atoms with van der Waals surface area (Å²) in [7, 11) is 2.03. The largest absolute Gasteiger partial charge is 0.357 e. The summed E-state index contributed by atoms with van der Waals surface area (Å²) in [6.45, 7) is 2.63. The molecule has 1 aliphatic rings. The molecule has 2 heterocycles. The minimum Gasteiger partial charge on any atom is -0.357 e. The van der Waals surface area contributed by atoms with Crippen molar-refractivity contribution in [3.05, 3.63) is 64.0 Å². The third kappa shape index (κ3) is 2.87. The van der Waals surface area contributed by atoms with Crippen LogP contribution in [-0.2, 0) is 13.6 Å². The quantitative estimate of drug-likeness (QED) is 0.759. The Kier molecular flexibility index (Phi) is 3.73. The van der Waals surface area contributed by atoms with E-state index in [-0.39, 0.29) is 11.5 Å². The highest BCUT2D eigenvalue weighted by Gasteiger charge is 2.34. The Bertz CT molecular complexity index is 936. The lowest BCUT2D eigenvalue weighted by Gasteiger charge is -2.18. The van der Waals surface area contributed by atoms with E-state index in [0.717, 1.165) is 28.0 Å². The van der Waals surface area contributed by atoms with Crippen LogP contribution in [0.2, 0.25) is 0 Å². The monoisotopic (exact) mass is 322 g/mol. The van der Waals surface area contributed by atoms with Gasteiger partial charge < -0.3 is 14.9 Å². The number of benzene rings is 1. The van der Waals surface area contributed by atoms with Crippen LogP contribution in [-0.4, -0.2) is 14.5 Å². The van der Waals surface area contributed by atoms with Crippen molar-refractivity contribution in [2.24, 2.45) is 13.0 Å². The van der Waals surface area contributed by atoms with E-state index in [1.165, 1.54) is 12.8 Å². The molecule has 1 atom stereocenters. The zero-order valence-corrected chi connectivity index (χ0v) is 14.0. The van der Waals surface area contributed by atoms with E-state index >= 15 is 0 Å². The molecule has 2 N–H and O–H groups in total. The van der Waals surface area contributed by atoms with Gasteiger partial charge in [-0.25, -0.2) is 4.98 Å². The molecule has 0 bridgehead atoms. The second-order valence-electron chi connectivity index (χ2n) is 6.80. The van der Waals surface area contributed by atoms with Gasteiger partial charge in [-0.1, -0.05) is 11.6 Å². The fourth-order valence-electron chi connectivity index (χ4n) is 3.31. The Morgan fingerprint density at radius 3 is 2.92 bits per heavy atom. The molecule has 0 radical (unpaired) electrons. The van der Waals surface area contributed by atoms with Gasteiger partial charge in [-0.15, -0.1) is 0 Å². The van der Waals surface area contributed by atoms with Crippen LogP contribution in [0.25, 0.3) is 10.9 Å². The summed E-state index contributed by atoms with van der Waals surface area (Å²) < 4.78 is 2.07. The van der Waals surface area contributed by atoms with Crippen molar-refractivity contribution in [3.8, 4) is 0 Å². The first-order valence-electron chi connectivity index (χ1n) is 8.45. The molecule has 5 nitrogen and oxygen atoms in total. The molecule has 0 saturated heterocycles. The number of imidazole rings is 1. The first-order valence-corrected chi connectivity index (χ1v) is 8.45. The fraction of sp³-hybridized carbons (Fsp3) is 0.368. The van der Waals surface area contributed by atoms with Gasteiger partial charge in [-0.05, 0) is 37.8 Å². The number of aromatic nitrogens is 3. The number of nitrogens with zero attached hydrogens (tertiary/aromatic N) is 2. The average Bonchev–Trinajstić information content (AvgIpc) is 3.31. The summed E-state index contributed by atoms with van der Waals surface area (Å²) >= 11 is 0. The van der Waals surface area contributed by atoms with Gasteiger partial charge in [-0.3, -0.25) is 4.79 Å². The molecule has 24 heavy (non-hydrogen) atoms. The highest BCUT2D eigenvalue weighted by atomic mass is 16.1. The predicted octanol–water partition coefficient (Wildman–Crippen LogP) is 2.81. The maximum absolute atomic E-state index is 12.4. The lowest BCUT2D eigenvalue weighted by atomic mass is 10.1. The number of hydrogen-bond acceptors (Lipinski definition) is 3. The Morgan fingerprint density at radius 2 is 2.21 bits per heavy atom. The van der Waals surface area contributed by atoms with Crippen molar-refractivity contribution in [1.29, 1.82) is 0 Å². The topological polar surface area (TPSA) is 62.7 Å². The molecule has 1 saturated carbocycles. The van der Waals surface area contributed by atoms with Gasteiger partial charge in [0, 0.05) is 48.6 Å². The maximum atomic E-state index is 12.4. The first kappa shape index (κ1) is 15.1. The number of rotatable bonds is 5. The minimum atomic E-state index is 0.0733. The predicted molar refractivity (Wildman–Crippen MR) is 94.8 cm³/mol. The summed E-state index contributed by atoms with van der Waals surface area (Å²) in [4.78, 5) is 20.2. The van der Waals surface area contributed by atoms with E-state index in [2.05, 4.69) is 19.9 Å². The molecule has 0 spiro atoms. The number of fused-ring (bicyclic) bond motifs is 1. The van der Waals surface area contributed by atoms with E-state index in [0.29, 0.717) is 12.5 Å². The maximum Gasteiger partial charge on any atom is 0.189 e. The normalized spacial score (nSPS) is 15.8. The third-order valence-electron chi connectivity index (χ3n) is 4.78. The second kappa shape index (κ2) is 5.91. The Labute approximate surface area is 140 Å². The number of aryl methyl sites for hydroxylation is 2. The Morgan fingerprint density at radius 1 is 1.38 bits per heavy atom. The van der Waals surface area contributed by atoms with Crippen molar-refractivity contribution in [1.82, 2.24) is 19.9 Å². The molecule has 3 aromatic rings. The lowest BCUT2D eigenvalue weighted by Crippen LogP contribution is -2.26. The summed E-state index contributed by atoms with van der Waals surface area (Å²) in [5.74, 6) is 1.71. The summed E-state index contributed by atoms with van der Waals surface area (Å²) in [6, 6.07) is 7.88. The van der Waals surface area contributed by atoms with Crippen LogP contribution in [0, 0.1) is 12.8 Å². The molecule has 124 valence electrons. The number of H-pyrrole nitrogens is 1.